The summed E-state index contributed by atoms with van der Waals surface area (Å²) in [6.07, 6.45) is 2.45. The normalized spacial score (nSPS) is 10.7. The summed E-state index contributed by atoms with van der Waals surface area (Å²) in [5.41, 5.74) is 0.575. The lowest BCUT2D eigenvalue weighted by Gasteiger charge is -2.10. The van der Waals surface area contributed by atoms with Gasteiger partial charge in [-0.3, -0.25) is 4.79 Å². The highest BCUT2D eigenvalue weighted by Crippen LogP contribution is 2.24. The number of hydrogen-bond donors (Lipinski definition) is 0. The smallest absolute Gasteiger partial charge is 0.164 e. The Morgan fingerprint density at radius 3 is 2.72 bits per heavy atom. The Bertz CT molecular complexity index is 399. The molecule has 1 rings (SSSR count). The van der Waals surface area contributed by atoms with Crippen LogP contribution in [0.1, 0.15) is 50.4 Å². The van der Waals surface area contributed by atoms with Gasteiger partial charge in [0, 0.05) is 12.0 Å². The topological polar surface area (TPSA) is 26.3 Å². The molecule has 2 nitrogen and oxygen atoms in total. The molecule has 0 aliphatic heterocycles. The number of Topliss-reactive ketones (excluding diaryl/α,β-unsaturated/α-hetero) is 1. The first-order valence-corrected chi connectivity index (χ1v) is 6.88. The van der Waals surface area contributed by atoms with E-state index in [2.05, 4.69) is 20.8 Å². The molecule has 0 fully saturated rings. The van der Waals surface area contributed by atoms with Gasteiger partial charge in [0.2, 0.25) is 0 Å². The van der Waals surface area contributed by atoms with Crippen LogP contribution >= 0.6 is 11.6 Å². The molecule has 0 saturated heterocycles. The van der Waals surface area contributed by atoms with Crippen LogP contribution in [0, 0.1) is 5.92 Å². The Balaban J connectivity index is 2.77. The molecular formula is C15H21ClO2. The Morgan fingerprint density at radius 1 is 1.39 bits per heavy atom. The van der Waals surface area contributed by atoms with E-state index in [1.165, 1.54) is 0 Å². The SMILES string of the molecule is CCCCC(=O)c1cc(OCC(C)C)ccc1Cl. The van der Waals surface area contributed by atoms with E-state index < -0.39 is 0 Å². The highest BCUT2D eigenvalue weighted by atomic mass is 35.5. The molecule has 1 aromatic rings. The zero-order valence-corrected chi connectivity index (χ0v) is 12.1. The number of carbonyl (C=O) groups is 1. The first-order chi connectivity index (χ1) is 8.54. The minimum atomic E-state index is 0.0943. The molecule has 3 heteroatoms. The van der Waals surface area contributed by atoms with Gasteiger partial charge in [-0.1, -0.05) is 38.8 Å². The number of ether oxygens (including phenoxy) is 1. The van der Waals surface area contributed by atoms with Crippen molar-refractivity contribution in [3.8, 4) is 5.75 Å². The lowest BCUT2D eigenvalue weighted by atomic mass is 10.1. The summed E-state index contributed by atoms with van der Waals surface area (Å²) in [6.45, 7) is 6.88. The van der Waals surface area contributed by atoms with Gasteiger partial charge in [0.15, 0.2) is 5.78 Å². The van der Waals surface area contributed by atoms with Crippen molar-refractivity contribution in [3.63, 3.8) is 0 Å². The van der Waals surface area contributed by atoms with Gasteiger partial charge in [0.1, 0.15) is 5.75 Å². The van der Waals surface area contributed by atoms with E-state index in [0.717, 1.165) is 12.8 Å². The van der Waals surface area contributed by atoms with Gasteiger partial charge in [-0.2, -0.15) is 0 Å². The largest absolute Gasteiger partial charge is 0.493 e. The van der Waals surface area contributed by atoms with Crippen LogP contribution in [-0.4, -0.2) is 12.4 Å². The number of carbonyl (C=O) groups excluding carboxylic acids is 1. The highest BCUT2D eigenvalue weighted by Gasteiger charge is 2.11. The monoisotopic (exact) mass is 268 g/mol. The molecule has 0 amide bonds. The van der Waals surface area contributed by atoms with Crippen molar-refractivity contribution in [1.82, 2.24) is 0 Å². The number of ketones is 1. The third-order valence-electron chi connectivity index (χ3n) is 2.58. The van der Waals surface area contributed by atoms with Crippen molar-refractivity contribution in [3.05, 3.63) is 28.8 Å². The van der Waals surface area contributed by atoms with E-state index in [1.54, 1.807) is 18.2 Å². The van der Waals surface area contributed by atoms with Crippen molar-refractivity contribution < 1.29 is 9.53 Å². The standard InChI is InChI=1S/C15H21ClO2/c1-4-5-6-15(17)13-9-12(7-8-14(13)16)18-10-11(2)3/h7-9,11H,4-6,10H2,1-3H3. The minimum absolute atomic E-state index is 0.0943. The zero-order valence-electron chi connectivity index (χ0n) is 11.3. The molecule has 0 aliphatic carbocycles. The van der Waals surface area contributed by atoms with Crippen LogP contribution in [0.5, 0.6) is 5.75 Å². The van der Waals surface area contributed by atoms with Crippen molar-refractivity contribution in [2.75, 3.05) is 6.61 Å². The Kier molecular flexibility index (Phi) is 6.20. The van der Waals surface area contributed by atoms with Crippen molar-refractivity contribution >= 4 is 17.4 Å². The summed E-state index contributed by atoms with van der Waals surface area (Å²) in [4.78, 5) is 12.0. The summed E-state index contributed by atoms with van der Waals surface area (Å²) in [5.74, 6) is 1.27. The molecule has 0 N–H and O–H groups in total. The maximum atomic E-state index is 12.0. The van der Waals surface area contributed by atoms with E-state index in [0.29, 0.717) is 35.3 Å². The molecule has 0 unspecified atom stereocenters. The lowest BCUT2D eigenvalue weighted by Crippen LogP contribution is -2.06. The molecule has 0 aliphatic rings. The first kappa shape index (κ1) is 15.0. The second-order valence-corrected chi connectivity index (χ2v) is 5.28. The van der Waals surface area contributed by atoms with Crippen LogP contribution in [0.15, 0.2) is 18.2 Å². The number of unbranched alkanes of at least 4 members (excludes halogenated alkanes) is 1. The second kappa shape index (κ2) is 7.42. The molecule has 0 spiro atoms. The van der Waals surface area contributed by atoms with Crippen LogP contribution in [0.2, 0.25) is 5.02 Å². The van der Waals surface area contributed by atoms with Crippen LogP contribution in [0.3, 0.4) is 0 Å². The number of rotatable bonds is 7. The maximum absolute atomic E-state index is 12.0. The Morgan fingerprint density at radius 2 is 2.11 bits per heavy atom. The van der Waals surface area contributed by atoms with Crippen LogP contribution in [0.25, 0.3) is 0 Å². The molecule has 0 heterocycles. The van der Waals surface area contributed by atoms with Gasteiger partial charge in [-0.25, -0.2) is 0 Å². The summed E-state index contributed by atoms with van der Waals surface area (Å²) >= 11 is 6.06. The van der Waals surface area contributed by atoms with Crippen LogP contribution in [0.4, 0.5) is 0 Å². The van der Waals surface area contributed by atoms with E-state index in [-0.39, 0.29) is 5.78 Å². The fourth-order valence-electron chi connectivity index (χ4n) is 1.54. The van der Waals surface area contributed by atoms with Gasteiger partial charge < -0.3 is 4.74 Å². The van der Waals surface area contributed by atoms with Gasteiger partial charge in [-0.15, -0.1) is 0 Å². The maximum Gasteiger partial charge on any atom is 0.164 e. The highest BCUT2D eigenvalue weighted by molar-refractivity contribution is 6.34. The van der Waals surface area contributed by atoms with Crippen molar-refractivity contribution in [1.29, 1.82) is 0 Å². The fraction of sp³-hybridized carbons (Fsp3) is 0.533. The molecule has 0 saturated carbocycles. The summed E-state index contributed by atoms with van der Waals surface area (Å²) in [6, 6.07) is 5.29. The molecule has 0 radical (unpaired) electrons. The van der Waals surface area contributed by atoms with Gasteiger partial charge >= 0.3 is 0 Å². The van der Waals surface area contributed by atoms with E-state index in [9.17, 15) is 4.79 Å². The van der Waals surface area contributed by atoms with Crippen LogP contribution < -0.4 is 4.74 Å². The van der Waals surface area contributed by atoms with Gasteiger partial charge in [0.25, 0.3) is 0 Å². The number of halogens is 1. The quantitative estimate of drug-likeness (QED) is 0.667. The third-order valence-corrected chi connectivity index (χ3v) is 2.91. The van der Waals surface area contributed by atoms with Crippen molar-refractivity contribution in [2.24, 2.45) is 5.92 Å². The van der Waals surface area contributed by atoms with Crippen LogP contribution in [-0.2, 0) is 0 Å². The molecular weight excluding hydrogens is 248 g/mol. The first-order valence-electron chi connectivity index (χ1n) is 6.50. The second-order valence-electron chi connectivity index (χ2n) is 4.87. The summed E-state index contributed by atoms with van der Waals surface area (Å²) < 4.78 is 5.61. The van der Waals surface area contributed by atoms with Crippen molar-refractivity contribution in [2.45, 2.75) is 40.0 Å². The predicted molar refractivity (Wildman–Crippen MR) is 75.6 cm³/mol. The average molecular weight is 269 g/mol. The fourth-order valence-corrected chi connectivity index (χ4v) is 1.77. The van der Waals surface area contributed by atoms with Gasteiger partial charge in [0.05, 0.1) is 11.6 Å². The molecule has 100 valence electrons. The summed E-state index contributed by atoms with van der Waals surface area (Å²) in [7, 11) is 0. The minimum Gasteiger partial charge on any atom is -0.493 e. The molecule has 0 atom stereocenters. The molecule has 0 aromatic heterocycles. The summed E-state index contributed by atoms with van der Waals surface area (Å²) in [5, 5.41) is 0.507. The number of benzene rings is 1. The lowest BCUT2D eigenvalue weighted by molar-refractivity contribution is 0.0979. The van der Waals surface area contributed by atoms with E-state index in [1.807, 2.05) is 0 Å². The van der Waals surface area contributed by atoms with E-state index in [4.69, 9.17) is 16.3 Å². The Labute approximate surface area is 114 Å². The van der Waals surface area contributed by atoms with E-state index >= 15 is 0 Å². The zero-order chi connectivity index (χ0) is 13.5. The molecule has 1 aromatic carbocycles. The Hall–Kier alpha value is -1.02. The third kappa shape index (κ3) is 4.69. The molecule has 18 heavy (non-hydrogen) atoms. The molecule has 0 bridgehead atoms. The number of hydrogen-bond acceptors (Lipinski definition) is 2. The van der Waals surface area contributed by atoms with Gasteiger partial charge in [-0.05, 0) is 30.5 Å². The predicted octanol–water partition coefficient (Wildman–Crippen LogP) is 4.75. The average Bonchev–Trinajstić information content (AvgIpc) is 2.34.